The molecule has 1 aromatic carbocycles. The van der Waals surface area contributed by atoms with Crippen molar-refractivity contribution in [2.45, 2.75) is 26.5 Å². The van der Waals surface area contributed by atoms with Crippen molar-refractivity contribution in [3.63, 3.8) is 0 Å². The highest BCUT2D eigenvalue weighted by Gasteiger charge is 2.29. The molecule has 1 aliphatic rings. The topological polar surface area (TPSA) is 90.7 Å². The summed E-state index contributed by atoms with van der Waals surface area (Å²) in [7, 11) is 0. The zero-order valence-electron chi connectivity index (χ0n) is 12.8. The summed E-state index contributed by atoms with van der Waals surface area (Å²) in [4.78, 5) is 23.9. The first-order valence-electron chi connectivity index (χ1n) is 7.30. The molecule has 0 saturated carbocycles. The van der Waals surface area contributed by atoms with Gasteiger partial charge in [0.1, 0.15) is 18.4 Å². The first-order chi connectivity index (χ1) is 11.1. The number of hydrogen-bond donors (Lipinski definition) is 1. The van der Waals surface area contributed by atoms with Crippen LogP contribution in [0, 0.1) is 0 Å². The number of fused-ring (bicyclic) bond motifs is 3. The molecule has 0 aliphatic carbocycles. The minimum absolute atomic E-state index is 0.116. The molecule has 0 spiro atoms. The van der Waals surface area contributed by atoms with E-state index < -0.39 is 17.9 Å². The van der Waals surface area contributed by atoms with Crippen LogP contribution in [-0.4, -0.2) is 29.7 Å². The Hall–Kier alpha value is -2.83. The summed E-state index contributed by atoms with van der Waals surface area (Å²) in [5, 5.41) is 6.39. The standard InChI is InChI=1S/C16H16N2O5/c1-3-21-16(20)9(2)17-15(19)13-11-8-22-12-7-5-4-6-10(12)14(11)23-18-13/h4-7,9H,3,8H2,1-2H3,(H,17,19). The van der Waals surface area contributed by atoms with Gasteiger partial charge in [0.25, 0.3) is 5.91 Å². The van der Waals surface area contributed by atoms with Crippen LogP contribution in [0.5, 0.6) is 5.75 Å². The van der Waals surface area contributed by atoms with Crippen molar-refractivity contribution in [3.05, 3.63) is 35.5 Å². The van der Waals surface area contributed by atoms with E-state index in [1.165, 1.54) is 0 Å². The molecule has 2 heterocycles. The molecule has 0 fully saturated rings. The Morgan fingerprint density at radius 2 is 2.17 bits per heavy atom. The summed E-state index contributed by atoms with van der Waals surface area (Å²) in [5.74, 6) is 0.196. The molecule has 1 amide bonds. The largest absolute Gasteiger partial charge is 0.488 e. The highest BCUT2D eigenvalue weighted by molar-refractivity contribution is 5.97. The van der Waals surface area contributed by atoms with E-state index in [9.17, 15) is 9.59 Å². The number of amides is 1. The summed E-state index contributed by atoms with van der Waals surface area (Å²) in [5.41, 5.74) is 1.43. The predicted octanol–water partition coefficient (Wildman–Crippen LogP) is 1.92. The van der Waals surface area contributed by atoms with Crippen molar-refractivity contribution in [1.82, 2.24) is 10.5 Å². The van der Waals surface area contributed by atoms with Crippen LogP contribution in [0.2, 0.25) is 0 Å². The summed E-state index contributed by atoms with van der Waals surface area (Å²) in [6, 6.07) is 6.59. The zero-order chi connectivity index (χ0) is 16.4. The van der Waals surface area contributed by atoms with Gasteiger partial charge in [-0.1, -0.05) is 17.3 Å². The normalized spacial score (nSPS) is 13.3. The van der Waals surface area contributed by atoms with Gasteiger partial charge >= 0.3 is 5.97 Å². The van der Waals surface area contributed by atoms with E-state index in [-0.39, 0.29) is 18.9 Å². The Morgan fingerprint density at radius 1 is 1.39 bits per heavy atom. The molecule has 1 unspecified atom stereocenters. The lowest BCUT2D eigenvalue weighted by Gasteiger charge is -2.16. The maximum atomic E-state index is 12.3. The number of esters is 1. The van der Waals surface area contributed by atoms with Crippen LogP contribution in [0.3, 0.4) is 0 Å². The molecular weight excluding hydrogens is 300 g/mol. The maximum absolute atomic E-state index is 12.3. The molecule has 120 valence electrons. The number of nitrogens with zero attached hydrogens (tertiary/aromatic N) is 1. The average Bonchev–Trinajstić information content (AvgIpc) is 2.99. The van der Waals surface area contributed by atoms with Gasteiger partial charge in [0.05, 0.1) is 17.7 Å². The van der Waals surface area contributed by atoms with Gasteiger partial charge in [0.2, 0.25) is 0 Å². The molecule has 1 atom stereocenters. The number of rotatable bonds is 4. The van der Waals surface area contributed by atoms with E-state index in [4.69, 9.17) is 14.0 Å². The summed E-state index contributed by atoms with van der Waals surface area (Å²) >= 11 is 0. The Labute approximate surface area is 132 Å². The van der Waals surface area contributed by atoms with E-state index in [0.29, 0.717) is 17.1 Å². The third-order valence-electron chi connectivity index (χ3n) is 3.49. The average molecular weight is 316 g/mol. The van der Waals surface area contributed by atoms with Gasteiger partial charge in [0, 0.05) is 0 Å². The van der Waals surface area contributed by atoms with E-state index in [2.05, 4.69) is 10.5 Å². The highest BCUT2D eigenvalue weighted by Crippen LogP contribution is 2.38. The van der Waals surface area contributed by atoms with Crippen molar-refractivity contribution in [3.8, 4) is 17.1 Å². The molecule has 2 aromatic rings. The smallest absolute Gasteiger partial charge is 0.328 e. The van der Waals surface area contributed by atoms with Crippen LogP contribution >= 0.6 is 0 Å². The monoisotopic (exact) mass is 316 g/mol. The number of aromatic nitrogens is 1. The third-order valence-corrected chi connectivity index (χ3v) is 3.49. The second kappa shape index (κ2) is 6.12. The van der Waals surface area contributed by atoms with E-state index in [1.54, 1.807) is 13.8 Å². The molecule has 7 heteroatoms. The number of carbonyl (C=O) groups is 2. The van der Waals surface area contributed by atoms with Crippen LogP contribution in [0.4, 0.5) is 0 Å². The lowest BCUT2D eigenvalue weighted by molar-refractivity contribution is -0.144. The number of hydrogen-bond acceptors (Lipinski definition) is 6. The van der Waals surface area contributed by atoms with Crippen LogP contribution in [0.25, 0.3) is 11.3 Å². The molecular formula is C16H16N2O5. The number of benzene rings is 1. The number of para-hydroxylation sites is 1. The van der Waals surface area contributed by atoms with Crippen LogP contribution in [-0.2, 0) is 16.1 Å². The van der Waals surface area contributed by atoms with Gasteiger partial charge in [-0.05, 0) is 26.0 Å². The predicted molar refractivity (Wildman–Crippen MR) is 79.8 cm³/mol. The molecule has 0 bridgehead atoms. The van der Waals surface area contributed by atoms with Gasteiger partial charge in [-0.25, -0.2) is 4.79 Å². The molecule has 0 saturated heterocycles. The lowest BCUT2D eigenvalue weighted by atomic mass is 10.0. The highest BCUT2D eigenvalue weighted by atomic mass is 16.5. The number of ether oxygens (including phenoxy) is 2. The summed E-state index contributed by atoms with van der Waals surface area (Å²) in [6.45, 7) is 3.69. The van der Waals surface area contributed by atoms with Crippen LogP contribution in [0.1, 0.15) is 29.9 Å². The van der Waals surface area contributed by atoms with Crippen LogP contribution in [0.15, 0.2) is 28.8 Å². The van der Waals surface area contributed by atoms with Gasteiger partial charge in [-0.2, -0.15) is 0 Å². The fourth-order valence-corrected chi connectivity index (χ4v) is 2.35. The maximum Gasteiger partial charge on any atom is 0.328 e. The third kappa shape index (κ3) is 2.77. The summed E-state index contributed by atoms with van der Waals surface area (Å²) in [6.07, 6.45) is 0. The second-order valence-electron chi connectivity index (χ2n) is 5.07. The van der Waals surface area contributed by atoms with E-state index in [0.717, 1.165) is 5.56 Å². The Kier molecular flexibility index (Phi) is 4.01. The first-order valence-corrected chi connectivity index (χ1v) is 7.30. The molecule has 3 rings (SSSR count). The molecule has 23 heavy (non-hydrogen) atoms. The zero-order valence-corrected chi connectivity index (χ0v) is 12.8. The molecule has 1 N–H and O–H groups in total. The molecule has 7 nitrogen and oxygen atoms in total. The fraction of sp³-hybridized carbons (Fsp3) is 0.312. The Balaban J connectivity index is 1.82. The Morgan fingerprint density at radius 3 is 2.96 bits per heavy atom. The lowest BCUT2D eigenvalue weighted by Crippen LogP contribution is -2.40. The molecule has 1 aliphatic heterocycles. The van der Waals surface area contributed by atoms with Gasteiger partial charge < -0.3 is 19.3 Å². The van der Waals surface area contributed by atoms with Crippen molar-refractivity contribution in [1.29, 1.82) is 0 Å². The second-order valence-corrected chi connectivity index (χ2v) is 5.07. The van der Waals surface area contributed by atoms with E-state index >= 15 is 0 Å². The van der Waals surface area contributed by atoms with Gasteiger partial charge in [-0.15, -0.1) is 0 Å². The minimum atomic E-state index is -0.772. The van der Waals surface area contributed by atoms with Crippen LogP contribution < -0.4 is 10.1 Å². The molecule has 1 aromatic heterocycles. The first kappa shape index (κ1) is 15.1. The fourth-order valence-electron chi connectivity index (χ4n) is 2.35. The quantitative estimate of drug-likeness (QED) is 0.867. The molecule has 0 radical (unpaired) electrons. The number of carbonyl (C=O) groups excluding carboxylic acids is 2. The Bertz CT molecular complexity index is 753. The summed E-state index contributed by atoms with van der Waals surface area (Å²) < 4.78 is 15.8. The number of nitrogens with one attached hydrogen (secondary N) is 1. The van der Waals surface area contributed by atoms with E-state index in [1.807, 2.05) is 24.3 Å². The van der Waals surface area contributed by atoms with Crippen molar-refractivity contribution in [2.75, 3.05) is 6.61 Å². The van der Waals surface area contributed by atoms with Crippen molar-refractivity contribution >= 4 is 11.9 Å². The van der Waals surface area contributed by atoms with Crippen molar-refractivity contribution in [2.24, 2.45) is 0 Å². The minimum Gasteiger partial charge on any atom is -0.488 e. The van der Waals surface area contributed by atoms with Gasteiger partial charge in [0.15, 0.2) is 11.5 Å². The van der Waals surface area contributed by atoms with Gasteiger partial charge in [-0.3, -0.25) is 4.79 Å². The van der Waals surface area contributed by atoms with Crippen molar-refractivity contribution < 1.29 is 23.6 Å². The SMILES string of the molecule is CCOC(=O)C(C)NC(=O)c1noc2c1COc1ccccc1-2.